The Morgan fingerprint density at radius 3 is 2.52 bits per heavy atom. The fraction of sp³-hybridized carbons (Fsp3) is 0. The summed E-state index contributed by atoms with van der Waals surface area (Å²) in [5.41, 5.74) is 4.74. The van der Waals surface area contributed by atoms with Crippen molar-refractivity contribution in [2.75, 3.05) is 11.1 Å². The van der Waals surface area contributed by atoms with Gasteiger partial charge in [0.15, 0.2) is 0 Å². The quantitative estimate of drug-likeness (QED) is 0.644. The van der Waals surface area contributed by atoms with E-state index in [9.17, 15) is 20.2 Å². The Bertz CT molecular complexity index is 737. The largest absolute Gasteiger partial charge is 0.378 e. The smallest absolute Gasteiger partial charge is 0.353 e. The molecular weight excluding hydrogens is 304 g/mol. The molecular formula is C10H7ClN6O4. The second kappa shape index (κ2) is 5.54. The number of nitro benzene ring substituents is 1. The maximum atomic E-state index is 11.0. The topological polar surface area (TPSA) is 150 Å². The van der Waals surface area contributed by atoms with Gasteiger partial charge in [0.2, 0.25) is 11.6 Å². The summed E-state index contributed by atoms with van der Waals surface area (Å²) in [7, 11) is 0. The normalized spacial score (nSPS) is 10.1. The van der Waals surface area contributed by atoms with Crippen LogP contribution in [0.2, 0.25) is 5.02 Å². The molecule has 0 spiro atoms. The Kier molecular flexibility index (Phi) is 3.80. The van der Waals surface area contributed by atoms with Crippen LogP contribution in [0.5, 0.6) is 0 Å². The van der Waals surface area contributed by atoms with Crippen LogP contribution in [-0.2, 0) is 0 Å². The van der Waals surface area contributed by atoms with Crippen molar-refractivity contribution in [2.24, 2.45) is 0 Å². The van der Waals surface area contributed by atoms with E-state index in [4.69, 9.17) is 17.3 Å². The van der Waals surface area contributed by atoms with Crippen molar-refractivity contribution < 1.29 is 9.85 Å². The minimum absolute atomic E-state index is 0.0899. The van der Waals surface area contributed by atoms with Crippen molar-refractivity contribution in [3.05, 3.63) is 49.8 Å². The van der Waals surface area contributed by atoms with E-state index in [0.717, 1.165) is 12.4 Å². The van der Waals surface area contributed by atoms with Gasteiger partial charge in [0.25, 0.3) is 5.69 Å². The molecule has 2 aromatic rings. The first-order chi connectivity index (χ1) is 9.90. The molecule has 0 aliphatic rings. The van der Waals surface area contributed by atoms with Crippen LogP contribution in [0.3, 0.4) is 0 Å². The molecule has 2 rings (SSSR count). The lowest BCUT2D eigenvalue weighted by atomic mass is 10.2. The Labute approximate surface area is 121 Å². The highest BCUT2D eigenvalue weighted by Gasteiger charge is 2.22. The minimum atomic E-state index is -0.761. The summed E-state index contributed by atoms with van der Waals surface area (Å²) in [6.45, 7) is 0. The lowest BCUT2D eigenvalue weighted by Crippen LogP contribution is -2.05. The van der Waals surface area contributed by atoms with Crippen LogP contribution in [0.1, 0.15) is 0 Å². The number of benzene rings is 1. The van der Waals surface area contributed by atoms with Crippen molar-refractivity contribution >= 4 is 40.3 Å². The Balaban J connectivity index is 2.48. The lowest BCUT2D eigenvalue weighted by Gasteiger charge is -2.08. The van der Waals surface area contributed by atoms with Crippen molar-refractivity contribution in [3.8, 4) is 0 Å². The van der Waals surface area contributed by atoms with Crippen molar-refractivity contribution in [1.29, 1.82) is 0 Å². The van der Waals surface area contributed by atoms with E-state index in [-0.39, 0.29) is 28.0 Å². The summed E-state index contributed by atoms with van der Waals surface area (Å²) in [5, 5.41) is 24.4. The maximum Gasteiger partial charge on any atom is 0.353 e. The molecule has 1 heterocycles. The van der Waals surface area contributed by atoms with Gasteiger partial charge in [0.05, 0.1) is 20.6 Å². The van der Waals surface area contributed by atoms with Gasteiger partial charge >= 0.3 is 5.69 Å². The summed E-state index contributed by atoms with van der Waals surface area (Å²) in [6, 6.07) is 3.62. The second-order valence-electron chi connectivity index (χ2n) is 3.76. The number of hydrogen-bond donors (Lipinski definition) is 2. The van der Waals surface area contributed by atoms with Gasteiger partial charge in [-0.3, -0.25) is 20.2 Å². The van der Waals surface area contributed by atoms with Crippen LogP contribution in [0.25, 0.3) is 0 Å². The van der Waals surface area contributed by atoms with Gasteiger partial charge in [-0.15, -0.1) is 0 Å². The minimum Gasteiger partial charge on any atom is -0.378 e. The summed E-state index contributed by atoms with van der Waals surface area (Å²) in [4.78, 5) is 27.5. The Morgan fingerprint density at radius 2 is 1.90 bits per heavy atom. The number of nitrogen functional groups attached to an aromatic ring is 1. The summed E-state index contributed by atoms with van der Waals surface area (Å²) in [5.74, 6) is -0.547. The average molecular weight is 311 g/mol. The highest BCUT2D eigenvalue weighted by molar-refractivity contribution is 6.33. The summed E-state index contributed by atoms with van der Waals surface area (Å²) < 4.78 is 0. The molecule has 0 aliphatic carbocycles. The highest BCUT2D eigenvalue weighted by atomic mass is 35.5. The van der Waals surface area contributed by atoms with Crippen LogP contribution < -0.4 is 11.1 Å². The molecule has 21 heavy (non-hydrogen) atoms. The number of rotatable bonds is 4. The van der Waals surface area contributed by atoms with Crippen LogP contribution in [0.4, 0.5) is 28.7 Å². The third-order valence-electron chi connectivity index (χ3n) is 2.45. The molecule has 11 heteroatoms. The number of aromatic nitrogens is 2. The molecule has 1 aromatic heterocycles. The van der Waals surface area contributed by atoms with Crippen LogP contribution in [0, 0.1) is 20.2 Å². The molecule has 0 fully saturated rings. The molecule has 1 aromatic carbocycles. The maximum absolute atomic E-state index is 11.0. The average Bonchev–Trinajstić information content (AvgIpc) is 2.40. The van der Waals surface area contributed by atoms with E-state index in [1.807, 2.05) is 0 Å². The van der Waals surface area contributed by atoms with Gasteiger partial charge in [-0.1, -0.05) is 11.6 Å². The molecule has 0 saturated carbocycles. The first-order valence-electron chi connectivity index (χ1n) is 5.36. The number of halogens is 1. The summed E-state index contributed by atoms with van der Waals surface area (Å²) in [6.07, 6.45) is 1.02. The fourth-order valence-electron chi connectivity index (χ4n) is 1.51. The van der Waals surface area contributed by atoms with E-state index in [2.05, 4.69) is 15.3 Å². The second-order valence-corrected chi connectivity index (χ2v) is 4.17. The van der Waals surface area contributed by atoms with Crippen LogP contribution in [-0.4, -0.2) is 19.8 Å². The molecule has 108 valence electrons. The number of nitrogens with two attached hydrogens (primary N) is 1. The SMILES string of the molecule is Nc1ncnc(Nc2cc([N+](=O)[O-])ccc2Cl)c1[N+](=O)[O-]. The van der Waals surface area contributed by atoms with Gasteiger partial charge < -0.3 is 11.1 Å². The zero-order valence-corrected chi connectivity index (χ0v) is 10.9. The van der Waals surface area contributed by atoms with E-state index in [0.29, 0.717) is 0 Å². The number of non-ortho nitro benzene ring substituents is 1. The zero-order chi connectivity index (χ0) is 15.6. The molecule has 10 nitrogen and oxygen atoms in total. The van der Waals surface area contributed by atoms with Gasteiger partial charge in [-0.05, 0) is 6.07 Å². The van der Waals surface area contributed by atoms with Gasteiger partial charge in [-0.2, -0.15) is 0 Å². The van der Waals surface area contributed by atoms with Crippen LogP contribution >= 0.6 is 11.6 Å². The number of anilines is 3. The first-order valence-corrected chi connectivity index (χ1v) is 5.73. The van der Waals surface area contributed by atoms with E-state index < -0.39 is 15.5 Å². The molecule has 0 radical (unpaired) electrons. The first kappa shape index (κ1) is 14.4. The molecule has 0 aliphatic heterocycles. The lowest BCUT2D eigenvalue weighted by molar-refractivity contribution is -0.384. The Hall–Kier alpha value is -3.01. The molecule has 0 saturated heterocycles. The standard InChI is InChI=1S/C10H7ClN6O4/c11-6-2-1-5(16(18)19)3-7(6)15-10-8(17(20)21)9(12)13-4-14-10/h1-4H,(H3,12,13,14,15). The molecule has 0 atom stereocenters. The zero-order valence-electron chi connectivity index (χ0n) is 10.2. The third-order valence-corrected chi connectivity index (χ3v) is 2.78. The van der Waals surface area contributed by atoms with E-state index >= 15 is 0 Å². The van der Waals surface area contributed by atoms with Crippen molar-refractivity contribution in [3.63, 3.8) is 0 Å². The number of nitrogens with zero attached hydrogens (tertiary/aromatic N) is 4. The van der Waals surface area contributed by atoms with Gasteiger partial charge in [0.1, 0.15) is 6.33 Å². The number of nitro groups is 2. The number of hydrogen-bond acceptors (Lipinski definition) is 8. The Morgan fingerprint density at radius 1 is 1.19 bits per heavy atom. The molecule has 0 bridgehead atoms. The summed E-state index contributed by atoms with van der Waals surface area (Å²) >= 11 is 5.89. The molecule has 0 unspecified atom stereocenters. The van der Waals surface area contributed by atoms with Gasteiger partial charge in [0, 0.05) is 12.1 Å². The predicted octanol–water partition coefficient (Wildman–Crippen LogP) is 2.27. The molecule has 0 amide bonds. The van der Waals surface area contributed by atoms with Gasteiger partial charge in [-0.25, -0.2) is 9.97 Å². The van der Waals surface area contributed by atoms with E-state index in [1.165, 1.54) is 12.1 Å². The highest BCUT2D eigenvalue weighted by Crippen LogP contribution is 2.33. The van der Waals surface area contributed by atoms with E-state index in [1.54, 1.807) is 0 Å². The monoisotopic (exact) mass is 310 g/mol. The third kappa shape index (κ3) is 2.95. The fourth-order valence-corrected chi connectivity index (χ4v) is 1.68. The number of nitrogens with one attached hydrogen (secondary N) is 1. The van der Waals surface area contributed by atoms with Crippen molar-refractivity contribution in [1.82, 2.24) is 9.97 Å². The van der Waals surface area contributed by atoms with Crippen molar-refractivity contribution in [2.45, 2.75) is 0 Å². The molecule has 3 N–H and O–H groups in total. The predicted molar refractivity (Wildman–Crippen MR) is 74.5 cm³/mol. The van der Waals surface area contributed by atoms with Crippen LogP contribution in [0.15, 0.2) is 24.5 Å².